The Morgan fingerprint density at radius 1 is 1.40 bits per heavy atom. The zero-order valence-corrected chi connectivity index (χ0v) is 15.5. The van der Waals surface area contributed by atoms with Gasteiger partial charge in [0.25, 0.3) is 0 Å². The standard InChI is InChI=1S/C18H24N4O2S/c1-13(23)20-16(8-10-25-2)18(24)21-9-7-14(11-21)22-12-19-15-5-3-4-6-17(15)22/h3-6,12,14,16H,7-11H2,1-2H3,(H,20,23). The number of imidazole rings is 1. The maximum Gasteiger partial charge on any atom is 0.245 e. The van der Waals surface area contributed by atoms with Crippen LogP contribution < -0.4 is 5.32 Å². The van der Waals surface area contributed by atoms with Crippen LogP contribution >= 0.6 is 11.8 Å². The van der Waals surface area contributed by atoms with Crippen molar-refractivity contribution in [2.24, 2.45) is 0 Å². The van der Waals surface area contributed by atoms with E-state index in [4.69, 9.17) is 0 Å². The van der Waals surface area contributed by atoms with Crippen molar-refractivity contribution in [3.8, 4) is 0 Å². The zero-order valence-electron chi connectivity index (χ0n) is 14.6. The molecule has 1 aliphatic rings. The van der Waals surface area contributed by atoms with Crippen molar-refractivity contribution >= 4 is 34.6 Å². The molecule has 1 fully saturated rings. The number of fused-ring (bicyclic) bond motifs is 1. The number of para-hydroxylation sites is 2. The third-order valence-electron chi connectivity index (χ3n) is 4.64. The Bertz CT molecular complexity index is 760. The highest BCUT2D eigenvalue weighted by atomic mass is 32.2. The number of amides is 2. The summed E-state index contributed by atoms with van der Waals surface area (Å²) in [4.78, 5) is 30.6. The molecule has 1 aromatic heterocycles. The van der Waals surface area contributed by atoms with Gasteiger partial charge >= 0.3 is 0 Å². The number of carbonyl (C=O) groups is 2. The first-order chi connectivity index (χ1) is 12.1. The molecule has 0 bridgehead atoms. The lowest BCUT2D eigenvalue weighted by Crippen LogP contribution is -2.47. The van der Waals surface area contributed by atoms with Gasteiger partial charge in [0.15, 0.2) is 0 Å². The predicted octanol–water partition coefficient (Wildman–Crippen LogP) is 2.07. The van der Waals surface area contributed by atoms with Crippen LogP contribution in [0.25, 0.3) is 11.0 Å². The van der Waals surface area contributed by atoms with Crippen LogP contribution in [0, 0.1) is 0 Å². The molecule has 134 valence electrons. The van der Waals surface area contributed by atoms with Crippen molar-refractivity contribution < 1.29 is 9.59 Å². The Labute approximate surface area is 152 Å². The van der Waals surface area contributed by atoms with Gasteiger partial charge in [-0.1, -0.05) is 12.1 Å². The number of rotatable bonds is 6. The lowest BCUT2D eigenvalue weighted by atomic mass is 10.2. The second-order valence-corrected chi connectivity index (χ2v) is 7.39. The van der Waals surface area contributed by atoms with Gasteiger partial charge in [0, 0.05) is 20.0 Å². The third-order valence-corrected chi connectivity index (χ3v) is 5.28. The Morgan fingerprint density at radius 2 is 2.20 bits per heavy atom. The number of benzene rings is 1. The molecule has 2 atom stereocenters. The highest BCUT2D eigenvalue weighted by Gasteiger charge is 2.32. The molecular weight excluding hydrogens is 336 g/mol. The van der Waals surface area contributed by atoms with Gasteiger partial charge in [0.2, 0.25) is 11.8 Å². The minimum Gasteiger partial charge on any atom is -0.345 e. The Balaban J connectivity index is 1.70. The predicted molar refractivity (Wildman–Crippen MR) is 101 cm³/mol. The minimum absolute atomic E-state index is 0.0242. The summed E-state index contributed by atoms with van der Waals surface area (Å²) in [6.07, 6.45) is 5.43. The van der Waals surface area contributed by atoms with Gasteiger partial charge in [0.05, 0.1) is 23.4 Å². The van der Waals surface area contributed by atoms with E-state index < -0.39 is 6.04 Å². The van der Waals surface area contributed by atoms with E-state index in [1.165, 1.54) is 6.92 Å². The zero-order chi connectivity index (χ0) is 17.8. The van der Waals surface area contributed by atoms with Gasteiger partial charge < -0.3 is 14.8 Å². The van der Waals surface area contributed by atoms with E-state index in [-0.39, 0.29) is 17.9 Å². The largest absolute Gasteiger partial charge is 0.345 e. The number of nitrogens with one attached hydrogen (secondary N) is 1. The number of hydrogen-bond donors (Lipinski definition) is 1. The maximum atomic E-state index is 12.8. The van der Waals surface area contributed by atoms with E-state index in [1.807, 2.05) is 35.7 Å². The molecule has 0 radical (unpaired) electrons. The van der Waals surface area contributed by atoms with E-state index in [0.29, 0.717) is 19.5 Å². The van der Waals surface area contributed by atoms with Crippen molar-refractivity contribution in [1.29, 1.82) is 0 Å². The molecule has 2 unspecified atom stereocenters. The van der Waals surface area contributed by atoms with Crippen molar-refractivity contribution in [2.45, 2.75) is 31.8 Å². The molecule has 1 saturated heterocycles. The number of hydrogen-bond acceptors (Lipinski definition) is 4. The average molecular weight is 360 g/mol. The highest BCUT2D eigenvalue weighted by molar-refractivity contribution is 7.98. The summed E-state index contributed by atoms with van der Waals surface area (Å²) >= 11 is 1.68. The minimum atomic E-state index is -0.428. The quantitative estimate of drug-likeness (QED) is 0.856. The van der Waals surface area contributed by atoms with Crippen LogP contribution in [0.3, 0.4) is 0 Å². The molecular formula is C18H24N4O2S. The van der Waals surface area contributed by atoms with Crippen molar-refractivity contribution in [2.75, 3.05) is 25.1 Å². The smallest absolute Gasteiger partial charge is 0.245 e. The first kappa shape index (κ1) is 17.8. The van der Waals surface area contributed by atoms with Gasteiger partial charge in [-0.15, -0.1) is 0 Å². The second-order valence-electron chi connectivity index (χ2n) is 6.40. The van der Waals surface area contributed by atoms with Crippen molar-refractivity contribution in [3.05, 3.63) is 30.6 Å². The molecule has 2 aromatic rings. The fraction of sp³-hybridized carbons (Fsp3) is 0.500. The van der Waals surface area contributed by atoms with Crippen LogP contribution in [0.5, 0.6) is 0 Å². The van der Waals surface area contributed by atoms with Gasteiger partial charge in [-0.3, -0.25) is 9.59 Å². The summed E-state index contributed by atoms with van der Waals surface area (Å²) in [6, 6.07) is 7.85. The molecule has 1 aromatic carbocycles. The molecule has 1 N–H and O–H groups in total. The van der Waals surface area contributed by atoms with Crippen LogP contribution in [-0.4, -0.2) is 57.4 Å². The van der Waals surface area contributed by atoms with Crippen molar-refractivity contribution in [3.63, 3.8) is 0 Å². The Hall–Kier alpha value is -2.02. The fourth-order valence-electron chi connectivity index (χ4n) is 3.40. The lowest BCUT2D eigenvalue weighted by molar-refractivity contribution is -0.135. The first-order valence-electron chi connectivity index (χ1n) is 8.56. The molecule has 1 aliphatic heterocycles. The Kier molecular flexibility index (Phi) is 5.63. The van der Waals surface area contributed by atoms with Crippen molar-refractivity contribution in [1.82, 2.24) is 19.8 Å². The van der Waals surface area contributed by atoms with Crippen LogP contribution in [0.4, 0.5) is 0 Å². The lowest BCUT2D eigenvalue weighted by Gasteiger charge is -2.24. The van der Waals surface area contributed by atoms with E-state index in [9.17, 15) is 9.59 Å². The number of thioether (sulfide) groups is 1. The van der Waals surface area contributed by atoms with Crippen LogP contribution in [0.1, 0.15) is 25.8 Å². The number of aromatic nitrogens is 2. The molecule has 25 heavy (non-hydrogen) atoms. The van der Waals surface area contributed by atoms with Gasteiger partial charge in [-0.05, 0) is 37.0 Å². The monoisotopic (exact) mass is 360 g/mol. The summed E-state index contributed by atoms with van der Waals surface area (Å²) in [5.41, 5.74) is 2.07. The molecule has 2 heterocycles. The molecule has 2 amide bonds. The normalized spacial score (nSPS) is 18.5. The summed E-state index contributed by atoms with van der Waals surface area (Å²) in [7, 11) is 0. The summed E-state index contributed by atoms with van der Waals surface area (Å²) in [5, 5.41) is 2.81. The van der Waals surface area contributed by atoms with Gasteiger partial charge in [-0.25, -0.2) is 4.98 Å². The van der Waals surface area contributed by atoms with E-state index >= 15 is 0 Å². The maximum absolute atomic E-state index is 12.8. The van der Waals surface area contributed by atoms with Crippen LogP contribution in [0.2, 0.25) is 0 Å². The molecule has 7 heteroatoms. The molecule has 0 aliphatic carbocycles. The van der Waals surface area contributed by atoms with Gasteiger partial charge in [-0.2, -0.15) is 11.8 Å². The SMILES string of the molecule is CSCCC(NC(C)=O)C(=O)N1CCC(n2cnc3ccccc32)C1. The van der Waals surface area contributed by atoms with Gasteiger partial charge in [0.1, 0.15) is 6.04 Å². The first-order valence-corrected chi connectivity index (χ1v) is 9.96. The molecule has 3 rings (SSSR count). The number of likely N-dealkylation sites (tertiary alicyclic amines) is 1. The van der Waals surface area contributed by atoms with Crippen LogP contribution in [-0.2, 0) is 9.59 Å². The third kappa shape index (κ3) is 3.98. The molecule has 0 saturated carbocycles. The van der Waals surface area contributed by atoms with E-state index in [1.54, 1.807) is 11.8 Å². The fourth-order valence-corrected chi connectivity index (χ4v) is 3.87. The molecule has 6 nitrogen and oxygen atoms in total. The number of carbonyl (C=O) groups excluding carboxylic acids is 2. The summed E-state index contributed by atoms with van der Waals surface area (Å²) in [6.45, 7) is 2.84. The van der Waals surface area contributed by atoms with E-state index in [2.05, 4.69) is 20.9 Å². The topological polar surface area (TPSA) is 67.2 Å². The summed E-state index contributed by atoms with van der Waals surface area (Å²) < 4.78 is 2.16. The molecule has 0 spiro atoms. The summed E-state index contributed by atoms with van der Waals surface area (Å²) in [5.74, 6) is 0.715. The second kappa shape index (κ2) is 7.91. The number of nitrogens with zero attached hydrogens (tertiary/aromatic N) is 3. The highest BCUT2D eigenvalue weighted by Crippen LogP contribution is 2.26. The average Bonchev–Trinajstić information content (AvgIpc) is 3.24. The van der Waals surface area contributed by atoms with Crippen LogP contribution in [0.15, 0.2) is 30.6 Å². The van der Waals surface area contributed by atoms with E-state index in [0.717, 1.165) is 23.2 Å². The Morgan fingerprint density at radius 3 is 2.96 bits per heavy atom.